The third kappa shape index (κ3) is 40.4. The predicted molar refractivity (Wildman–Crippen MR) is 50.4 cm³/mol. The molecule has 0 radical (unpaired) electrons. The highest BCUT2D eigenvalue weighted by atomic mass is 31.2. The fourth-order valence-corrected chi connectivity index (χ4v) is 0.0500. The second-order valence-corrected chi connectivity index (χ2v) is 4.02. The predicted octanol–water partition coefficient (Wildman–Crippen LogP) is -1.32. The number of hydrogen-bond donors (Lipinski definition) is 6. The van der Waals surface area contributed by atoms with E-state index < -0.39 is 7.82 Å². The van der Waals surface area contributed by atoms with Crippen LogP contribution in [0, 0.1) is 5.41 Å². The Hall–Kier alpha value is -0.0100. The molecule has 0 unspecified atom stereocenters. The van der Waals surface area contributed by atoms with Gasteiger partial charge < -0.3 is 30.0 Å². The van der Waals surface area contributed by atoms with E-state index in [1.165, 1.54) is 0 Å². The van der Waals surface area contributed by atoms with Crippen LogP contribution in [0.25, 0.3) is 0 Å². The number of rotatable bonds is 2. The molecule has 0 atom stereocenters. The molecule has 0 aromatic heterocycles. The lowest BCUT2D eigenvalue weighted by Gasteiger charge is -2.16. The van der Waals surface area contributed by atoms with E-state index in [2.05, 4.69) is 0 Å². The Labute approximate surface area is 82.9 Å². The van der Waals surface area contributed by atoms with Crippen LogP contribution in [0.15, 0.2) is 0 Å². The molecule has 8 heteroatoms. The zero-order chi connectivity index (χ0) is 12.4. The van der Waals surface area contributed by atoms with Crippen molar-refractivity contribution >= 4 is 7.82 Å². The van der Waals surface area contributed by atoms with Crippen molar-refractivity contribution in [3.63, 3.8) is 0 Å². The third-order valence-corrected chi connectivity index (χ3v) is 0.856. The van der Waals surface area contributed by atoms with Gasteiger partial charge in [0.1, 0.15) is 0 Å². The summed E-state index contributed by atoms with van der Waals surface area (Å²) in [5, 5.41) is 23.9. The van der Waals surface area contributed by atoms with Gasteiger partial charge in [0.25, 0.3) is 0 Å². The van der Waals surface area contributed by atoms with E-state index >= 15 is 0 Å². The molecular formula is C6H19O7P. The van der Waals surface area contributed by atoms with Crippen molar-refractivity contribution < 1.29 is 34.6 Å². The molecule has 0 heterocycles. The molecule has 0 aromatic rings. The topological polar surface area (TPSA) is 138 Å². The summed E-state index contributed by atoms with van der Waals surface area (Å²) in [6, 6.07) is 0. The van der Waals surface area contributed by atoms with Crippen LogP contribution in [-0.4, -0.2) is 50.3 Å². The molecule has 7 nitrogen and oxygen atoms in total. The first kappa shape index (κ1) is 19.5. The molecule has 0 aliphatic rings. The number of aliphatic hydroxyl groups excluding tert-OH is 3. The lowest BCUT2D eigenvalue weighted by molar-refractivity contribution is 0.0857. The SMILES string of the molecule is CC(C)(CO)CO.CO.O=P(O)(O)O. The van der Waals surface area contributed by atoms with Gasteiger partial charge in [-0.05, 0) is 0 Å². The Bertz CT molecular complexity index is 138. The van der Waals surface area contributed by atoms with Crippen LogP contribution in [0.4, 0.5) is 0 Å². The minimum atomic E-state index is -4.64. The average molecular weight is 234 g/mol. The van der Waals surface area contributed by atoms with Gasteiger partial charge in [0.05, 0.1) is 13.2 Å². The van der Waals surface area contributed by atoms with Gasteiger partial charge in [0.2, 0.25) is 0 Å². The standard InChI is InChI=1S/C5H12O2.CH4O.H3O4P/c1-5(2,3-6)4-7;1-2;1-5(2,3)4/h6-7H,3-4H2,1-2H3;2H,1H3;(H3,1,2,3,4). The van der Waals surface area contributed by atoms with Gasteiger partial charge >= 0.3 is 7.82 Å². The van der Waals surface area contributed by atoms with Crippen molar-refractivity contribution in [2.45, 2.75) is 13.8 Å². The zero-order valence-electron chi connectivity index (χ0n) is 8.45. The van der Waals surface area contributed by atoms with Gasteiger partial charge in [0.15, 0.2) is 0 Å². The van der Waals surface area contributed by atoms with Crippen LogP contribution in [0.1, 0.15) is 13.8 Å². The molecular weight excluding hydrogens is 215 g/mol. The first-order valence-corrected chi connectivity index (χ1v) is 5.13. The van der Waals surface area contributed by atoms with Crippen molar-refractivity contribution in [3.05, 3.63) is 0 Å². The molecule has 0 bridgehead atoms. The molecule has 90 valence electrons. The van der Waals surface area contributed by atoms with Gasteiger partial charge in [-0.15, -0.1) is 0 Å². The highest BCUT2D eigenvalue weighted by Crippen LogP contribution is 2.25. The van der Waals surface area contributed by atoms with Crippen LogP contribution in [0.3, 0.4) is 0 Å². The number of hydrogen-bond acceptors (Lipinski definition) is 4. The summed E-state index contributed by atoms with van der Waals surface area (Å²) in [5.74, 6) is 0. The number of phosphoric acid groups is 1. The molecule has 0 saturated heterocycles. The van der Waals surface area contributed by atoms with E-state index in [0.717, 1.165) is 7.11 Å². The first-order valence-electron chi connectivity index (χ1n) is 3.57. The smallest absolute Gasteiger partial charge is 0.400 e. The summed E-state index contributed by atoms with van der Waals surface area (Å²) in [6.07, 6.45) is 0. The van der Waals surface area contributed by atoms with Crippen molar-refractivity contribution in [2.75, 3.05) is 20.3 Å². The van der Waals surface area contributed by atoms with Gasteiger partial charge in [-0.3, -0.25) is 0 Å². The quantitative estimate of drug-likeness (QED) is 0.326. The van der Waals surface area contributed by atoms with Crippen molar-refractivity contribution in [1.82, 2.24) is 0 Å². The summed E-state index contributed by atoms with van der Waals surface area (Å²) >= 11 is 0. The Morgan fingerprint density at radius 1 is 1.00 bits per heavy atom. The summed E-state index contributed by atoms with van der Waals surface area (Å²) < 4.78 is 8.88. The maximum Gasteiger partial charge on any atom is 0.466 e. The molecule has 14 heavy (non-hydrogen) atoms. The van der Waals surface area contributed by atoms with E-state index in [1.54, 1.807) is 13.8 Å². The van der Waals surface area contributed by atoms with Gasteiger partial charge in [-0.25, -0.2) is 4.57 Å². The molecule has 0 aromatic carbocycles. The van der Waals surface area contributed by atoms with Crippen LogP contribution in [-0.2, 0) is 4.57 Å². The minimum Gasteiger partial charge on any atom is -0.400 e. The Kier molecular flexibility index (Phi) is 13.3. The van der Waals surface area contributed by atoms with Crippen molar-refractivity contribution in [2.24, 2.45) is 5.41 Å². The normalized spacial score (nSPS) is 10.6. The molecule has 0 aliphatic carbocycles. The fourth-order valence-electron chi connectivity index (χ4n) is 0.0500. The van der Waals surface area contributed by atoms with Crippen LogP contribution in [0.2, 0.25) is 0 Å². The molecule has 0 saturated carbocycles. The summed E-state index contributed by atoms with van der Waals surface area (Å²) in [4.78, 5) is 21.6. The lowest BCUT2D eigenvalue weighted by atomic mass is 9.97. The summed E-state index contributed by atoms with van der Waals surface area (Å²) in [6.45, 7) is 3.69. The molecule has 6 N–H and O–H groups in total. The minimum absolute atomic E-state index is 0.0451. The van der Waals surface area contributed by atoms with E-state index in [4.69, 9.17) is 34.6 Å². The molecule has 0 spiro atoms. The van der Waals surface area contributed by atoms with Crippen LogP contribution < -0.4 is 0 Å². The summed E-state index contributed by atoms with van der Waals surface area (Å²) in [5.41, 5.74) is -0.306. The monoisotopic (exact) mass is 234 g/mol. The zero-order valence-corrected chi connectivity index (χ0v) is 9.35. The van der Waals surface area contributed by atoms with Gasteiger partial charge in [-0.1, -0.05) is 13.8 Å². The highest BCUT2D eigenvalue weighted by Gasteiger charge is 2.13. The lowest BCUT2D eigenvalue weighted by Crippen LogP contribution is -2.20. The van der Waals surface area contributed by atoms with Gasteiger partial charge in [0, 0.05) is 12.5 Å². The van der Waals surface area contributed by atoms with Crippen LogP contribution >= 0.6 is 7.82 Å². The van der Waals surface area contributed by atoms with E-state index in [1.807, 2.05) is 0 Å². The second-order valence-electron chi connectivity index (χ2n) is 2.99. The Balaban J connectivity index is -0.000000152. The van der Waals surface area contributed by atoms with Crippen molar-refractivity contribution in [3.8, 4) is 0 Å². The van der Waals surface area contributed by atoms with Crippen LogP contribution in [0.5, 0.6) is 0 Å². The molecule has 0 fully saturated rings. The van der Waals surface area contributed by atoms with E-state index in [-0.39, 0.29) is 18.6 Å². The van der Waals surface area contributed by atoms with E-state index in [9.17, 15) is 0 Å². The van der Waals surface area contributed by atoms with E-state index in [0.29, 0.717) is 0 Å². The highest BCUT2D eigenvalue weighted by molar-refractivity contribution is 7.45. The Morgan fingerprint density at radius 2 is 1.14 bits per heavy atom. The summed E-state index contributed by atoms with van der Waals surface area (Å²) in [7, 11) is -3.64. The average Bonchev–Trinajstić information content (AvgIpc) is 2.05. The fraction of sp³-hybridized carbons (Fsp3) is 1.00. The first-order chi connectivity index (χ1) is 6.12. The Morgan fingerprint density at radius 3 is 1.14 bits per heavy atom. The largest absolute Gasteiger partial charge is 0.466 e. The van der Waals surface area contributed by atoms with Crippen molar-refractivity contribution in [1.29, 1.82) is 0 Å². The molecule has 0 aliphatic heterocycles. The molecule has 0 rings (SSSR count). The number of aliphatic hydroxyl groups is 3. The third-order valence-electron chi connectivity index (χ3n) is 0.856. The maximum atomic E-state index is 8.88. The maximum absolute atomic E-state index is 8.88. The van der Waals surface area contributed by atoms with Gasteiger partial charge in [-0.2, -0.15) is 0 Å². The molecule has 0 amide bonds. The second kappa shape index (κ2) is 9.54.